The molecule has 0 saturated carbocycles. The summed E-state index contributed by atoms with van der Waals surface area (Å²) in [6.07, 6.45) is 0. The quantitative estimate of drug-likeness (QED) is 0.176. The van der Waals surface area contributed by atoms with Crippen molar-refractivity contribution in [1.29, 1.82) is 0 Å². The third-order valence-electron chi connectivity index (χ3n) is 11.1. The summed E-state index contributed by atoms with van der Waals surface area (Å²) in [5.74, 6) is 1.86. The first-order chi connectivity index (χ1) is 28.2. The van der Waals surface area contributed by atoms with Crippen LogP contribution in [0.4, 0.5) is 0 Å². The van der Waals surface area contributed by atoms with Crippen LogP contribution in [-0.4, -0.2) is 19.5 Å². The molecule has 0 aliphatic carbocycles. The summed E-state index contributed by atoms with van der Waals surface area (Å²) >= 11 is 1.79. The smallest absolute Gasteiger partial charge is 0.164 e. The van der Waals surface area contributed by atoms with Gasteiger partial charge in [0.1, 0.15) is 11.2 Å². The highest BCUT2D eigenvalue weighted by Gasteiger charge is 2.21. The number of hydrogen-bond donors (Lipinski definition) is 0. The minimum absolute atomic E-state index is 0.603. The highest BCUT2D eigenvalue weighted by molar-refractivity contribution is 7.25. The normalized spacial score (nSPS) is 11.9. The van der Waals surface area contributed by atoms with Gasteiger partial charge in [-0.3, -0.25) is 0 Å². The van der Waals surface area contributed by atoms with E-state index in [0.29, 0.717) is 17.5 Å². The Hall–Kier alpha value is -7.41. The SMILES string of the molecule is c1ccc(-c2ccc(-c3nc(-c4ccc5oc6ccc7c8ccccc8n(-c8ccccc8)c7c6c5c4)nc(-c4cccc5sc6ccccc6c45)n3)cc2)cc1. The molecule has 0 saturated heterocycles. The molecule has 0 bridgehead atoms. The molecule has 6 heteroatoms. The van der Waals surface area contributed by atoms with Gasteiger partial charge in [0, 0.05) is 58.7 Å². The zero-order valence-corrected chi connectivity index (χ0v) is 31.2. The van der Waals surface area contributed by atoms with E-state index in [-0.39, 0.29) is 0 Å². The lowest BCUT2D eigenvalue weighted by Gasteiger charge is -2.10. The minimum atomic E-state index is 0.603. The lowest BCUT2D eigenvalue weighted by Crippen LogP contribution is -2.00. The van der Waals surface area contributed by atoms with Gasteiger partial charge in [0.15, 0.2) is 17.5 Å². The van der Waals surface area contributed by atoms with Crippen molar-refractivity contribution in [2.45, 2.75) is 0 Å². The molecule has 266 valence electrons. The van der Waals surface area contributed by atoms with E-state index in [9.17, 15) is 0 Å². The van der Waals surface area contributed by atoms with Gasteiger partial charge in [0.05, 0.1) is 16.4 Å². The molecule has 0 fully saturated rings. The predicted molar refractivity (Wildman–Crippen MR) is 236 cm³/mol. The largest absolute Gasteiger partial charge is 0.456 e. The summed E-state index contributed by atoms with van der Waals surface area (Å²) in [6, 6.07) is 63.7. The van der Waals surface area contributed by atoms with E-state index < -0.39 is 0 Å². The van der Waals surface area contributed by atoms with Gasteiger partial charge in [-0.05, 0) is 71.8 Å². The lowest BCUT2D eigenvalue weighted by atomic mass is 10.0. The molecule has 12 aromatic rings. The monoisotopic (exact) mass is 746 g/mol. The van der Waals surface area contributed by atoms with Crippen LogP contribution in [0, 0.1) is 0 Å². The van der Waals surface area contributed by atoms with E-state index >= 15 is 0 Å². The highest BCUT2D eigenvalue weighted by atomic mass is 32.1. The Bertz CT molecular complexity index is 3510. The molecule has 0 aliphatic heterocycles. The Morgan fingerprint density at radius 2 is 1.04 bits per heavy atom. The molecule has 0 unspecified atom stereocenters. The number of rotatable bonds is 5. The van der Waals surface area contributed by atoms with Gasteiger partial charge in [0.25, 0.3) is 0 Å². The summed E-state index contributed by atoms with van der Waals surface area (Å²) < 4.78 is 11.4. The maximum Gasteiger partial charge on any atom is 0.164 e. The number of fused-ring (bicyclic) bond motifs is 10. The third kappa shape index (κ3) is 5.04. The molecule has 8 aromatic carbocycles. The van der Waals surface area contributed by atoms with Crippen molar-refractivity contribution >= 4 is 75.3 Å². The van der Waals surface area contributed by atoms with Crippen LogP contribution in [0.15, 0.2) is 186 Å². The van der Waals surface area contributed by atoms with Crippen molar-refractivity contribution < 1.29 is 4.42 Å². The van der Waals surface area contributed by atoms with E-state index in [1.54, 1.807) is 11.3 Å². The summed E-state index contributed by atoms with van der Waals surface area (Å²) in [4.78, 5) is 15.7. The number of benzene rings is 8. The maximum atomic E-state index is 6.59. The summed E-state index contributed by atoms with van der Waals surface area (Å²) in [7, 11) is 0. The number of aromatic nitrogens is 4. The first kappa shape index (κ1) is 31.9. The molecule has 0 aliphatic rings. The average molecular weight is 747 g/mol. The summed E-state index contributed by atoms with van der Waals surface area (Å²) in [5, 5.41) is 6.80. The number of thiophene rings is 1. The van der Waals surface area contributed by atoms with Gasteiger partial charge in [0.2, 0.25) is 0 Å². The topological polar surface area (TPSA) is 56.7 Å². The van der Waals surface area contributed by atoms with Crippen LogP contribution in [0.3, 0.4) is 0 Å². The molecule has 4 heterocycles. The number of nitrogens with zero attached hydrogens (tertiary/aromatic N) is 4. The predicted octanol–water partition coefficient (Wildman–Crippen LogP) is 13.9. The van der Waals surface area contributed by atoms with Crippen LogP contribution in [0.1, 0.15) is 0 Å². The van der Waals surface area contributed by atoms with Crippen molar-refractivity contribution in [3.8, 4) is 51.0 Å². The Kier molecular flexibility index (Phi) is 7.03. The van der Waals surface area contributed by atoms with E-state index in [0.717, 1.165) is 71.9 Å². The molecule has 12 rings (SSSR count). The first-order valence-corrected chi connectivity index (χ1v) is 19.8. The fourth-order valence-corrected chi connectivity index (χ4v) is 9.59. The van der Waals surface area contributed by atoms with Crippen molar-refractivity contribution in [1.82, 2.24) is 19.5 Å². The molecular weight excluding hydrogens is 717 g/mol. The summed E-state index contributed by atoms with van der Waals surface area (Å²) in [5.41, 5.74) is 10.1. The molecule has 0 atom stereocenters. The fourth-order valence-electron chi connectivity index (χ4n) is 8.46. The summed E-state index contributed by atoms with van der Waals surface area (Å²) in [6.45, 7) is 0. The van der Waals surface area contributed by atoms with Crippen molar-refractivity contribution in [3.05, 3.63) is 182 Å². The van der Waals surface area contributed by atoms with Crippen LogP contribution >= 0.6 is 11.3 Å². The fraction of sp³-hybridized carbons (Fsp3) is 0. The van der Waals surface area contributed by atoms with Crippen molar-refractivity contribution in [2.24, 2.45) is 0 Å². The second kappa shape index (κ2) is 12.6. The van der Waals surface area contributed by atoms with Crippen LogP contribution < -0.4 is 0 Å². The highest BCUT2D eigenvalue weighted by Crippen LogP contribution is 2.43. The molecule has 0 spiro atoms. The lowest BCUT2D eigenvalue weighted by molar-refractivity contribution is 0.669. The van der Waals surface area contributed by atoms with Crippen molar-refractivity contribution in [3.63, 3.8) is 0 Å². The van der Waals surface area contributed by atoms with E-state index in [2.05, 4.69) is 180 Å². The van der Waals surface area contributed by atoms with Crippen LogP contribution in [0.2, 0.25) is 0 Å². The van der Waals surface area contributed by atoms with E-state index in [1.807, 2.05) is 6.07 Å². The molecule has 0 N–H and O–H groups in total. The zero-order chi connectivity index (χ0) is 37.5. The Morgan fingerprint density at radius 3 is 1.88 bits per heavy atom. The van der Waals surface area contributed by atoms with Crippen LogP contribution in [-0.2, 0) is 0 Å². The molecular formula is C51H30N4OS. The second-order valence-corrected chi connectivity index (χ2v) is 15.4. The van der Waals surface area contributed by atoms with Gasteiger partial charge in [-0.25, -0.2) is 15.0 Å². The van der Waals surface area contributed by atoms with Crippen LogP contribution in [0.25, 0.3) is 115 Å². The molecule has 0 amide bonds. The number of furan rings is 1. The molecule has 57 heavy (non-hydrogen) atoms. The molecule has 4 aromatic heterocycles. The average Bonchev–Trinajstić information content (AvgIpc) is 3.96. The third-order valence-corrected chi connectivity index (χ3v) is 12.2. The number of hydrogen-bond acceptors (Lipinski definition) is 5. The first-order valence-electron chi connectivity index (χ1n) is 19.0. The van der Waals surface area contributed by atoms with E-state index in [1.165, 1.54) is 25.6 Å². The molecule has 0 radical (unpaired) electrons. The van der Waals surface area contributed by atoms with Gasteiger partial charge < -0.3 is 8.98 Å². The van der Waals surface area contributed by atoms with E-state index in [4.69, 9.17) is 19.4 Å². The zero-order valence-electron chi connectivity index (χ0n) is 30.4. The molecule has 5 nitrogen and oxygen atoms in total. The van der Waals surface area contributed by atoms with Gasteiger partial charge in [-0.15, -0.1) is 11.3 Å². The second-order valence-electron chi connectivity index (χ2n) is 14.4. The van der Waals surface area contributed by atoms with Crippen LogP contribution in [0.5, 0.6) is 0 Å². The Morgan fingerprint density at radius 1 is 0.404 bits per heavy atom. The Labute approximate surface area is 330 Å². The minimum Gasteiger partial charge on any atom is -0.456 e. The van der Waals surface area contributed by atoms with Gasteiger partial charge in [-0.1, -0.05) is 121 Å². The van der Waals surface area contributed by atoms with Gasteiger partial charge in [-0.2, -0.15) is 0 Å². The maximum absolute atomic E-state index is 6.59. The standard InChI is InChI=1S/C51H30N4OS/c1-3-12-31(13-4-1)32-22-24-33(25-23-32)49-52-50(54-51(53-49)39-18-11-21-45-46(39)38-17-8-10-20-44(38)57-45)34-26-28-42-40(30-34)47-43(56-42)29-27-37-36-16-7-9-19-41(36)55(48(37)47)35-14-5-2-6-15-35/h1-30H. The van der Waals surface area contributed by atoms with Gasteiger partial charge >= 0.3 is 0 Å². The van der Waals surface area contributed by atoms with Crippen molar-refractivity contribution in [2.75, 3.05) is 0 Å². The number of para-hydroxylation sites is 2. The Balaban J connectivity index is 1.11.